The van der Waals surface area contributed by atoms with Gasteiger partial charge in [-0.1, -0.05) is 297 Å². The third-order valence-corrected chi connectivity index (χ3v) is 22.3. The van der Waals surface area contributed by atoms with E-state index in [2.05, 4.69) is 243 Å². The first-order valence-electron chi connectivity index (χ1n) is 34.7. The number of nitrogens with zero attached hydrogens (tertiary/aromatic N) is 6. The van der Waals surface area contributed by atoms with Crippen molar-refractivity contribution in [2.75, 3.05) is 0 Å². The van der Waals surface area contributed by atoms with E-state index in [1.807, 2.05) is 97.1 Å². The van der Waals surface area contributed by atoms with Gasteiger partial charge < -0.3 is 9.47 Å². The summed E-state index contributed by atoms with van der Waals surface area (Å²) in [6, 6.07) is 121. The molecule has 0 saturated carbocycles. The second-order valence-electron chi connectivity index (χ2n) is 26.6. The van der Waals surface area contributed by atoms with Crippen molar-refractivity contribution in [1.29, 1.82) is 0 Å². The van der Waals surface area contributed by atoms with Crippen LogP contribution in [0.3, 0.4) is 0 Å². The second-order valence-corrected chi connectivity index (χ2v) is 27.7. The Morgan fingerprint density at radius 3 is 1.13 bits per heavy atom. The summed E-state index contributed by atoms with van der Waals surface area (Å²) in [7, 11) is 0. The van der Waals surface area contributed by atoms with E-state index in [-0.39, 0.29) is 0 Å². The quantitative estimate of drug-likeness (QED) is 0.141. The maximum atomic E-state index is 7.39. The van der Waals surface area contributed by atoms with E-state index in [4.69, 9.17) is 39.4 Å². The summed E-state index contributed by atoms with van der Waals surface area (Å²) in [5.74, 6) is 6.82. The third kappa shape index (κ3) is 8.89. The largest absolute Gasteiger partial charge is 0.456 e. The van der Waals surface area contributed by atoms with Crippen LogP contribution in [0.5, 0.6) is 23.0 Å². The van der Waals surface area contributed by atoms with Gasteiger partial charge in [-0.05, 0) is 114 Å². The number of thiophene rings is 1. The second kappa shape index (κ2) is 23.1. The van der Waals surface area contributed by atoms with Crippen LogP contribution < -0.4 is 9.47 Å². The smallest absolute Gasteiger partial charge is 0.174 e. The van der Waals surface area contributed by atoms with Gasteiger partial charge in [-0.2, -0.15) is 0 Å². The van der Waals surface area contributed by atoms with Crippen LogP contribution in [0, 0.1) is 0 Å². The lowest BCUT2D eigenvalue weighted by Gasteiger charge is -2.40. The van der Waals surface area contributed by atoms with Crippen LogP contribution in [0.1, 0.15) is 44.5 Å². The molecule has 21 rings (SSSR count). The van der Waals surface area contributed by atoms with Crippen molar-refractivity contribution < 1.29 is 9.47 Å². The lowest BCUT2D eigenvalue weighted by Crippen LogP contribution is -2.32. The van der Waals surface area contributed by atoms with E-state index in [1.165, 1.54) is 44.5 Å². The summed E-state index contributed by atoms with van der Waals surface area (Å²) >= 11 is 1.66. The van der Waals surface area contributed by atoms with Gasteiger partial charge >= 0.3 is 0 Å². The molecule has 14 aromatic carbocycles. The van der Waals surface area contributed by atoms with E-state index in [0.29, 0.717) is 34.9 Å². The molecular formula is C94H56N6O2S. The highest BCUT2D eigenvalue weighted by atomic mass is 32.1. The molecule has 1 atom stereocenters. The molecule has 0 saturated heterocycles. The Labute approximate surface area is 598 Å². The van der Waals surface area contributed by atoms with Crippen molar-refractivity contribution in [3.05, 3.63) is 384 Å². The fourth-order valence-electron chi connectivity index (χ4n) is 16.8. The zero-order chi connectivity index (χ0) is 67.7. The fraction of sp³-hybridized carbons (Fsp3) is 0.0213. The fourth-order valence-corrected chi connectivity index (χ4v) is 17.8. The molecule has 0 bridgehead atoms. The van der Waals surface area contributed by atoms with E-state index in [1.54, 1.807) is 11.3 Å². The molecule has 0 N–H and O–H groups in total. The molecule has 8 nitrogen and oxygen atoms in total. The van der Waals surface area contributed by atoms with Crippen molar-refractivity contribution in [3.8, 4) is 146 Å². The Bertz CT molecular complexity index is 6180. The highest BCUT2D eigenvalue weighted by Gasteiger charge is 2.53. The average Bonchev–Trinajstić information content (AvgIpc) is 1.52. The van der Waals surface area contributed by atoms with Gasteiger partial charge in [0, 0.05) is 66.1 Å². The van der Waals surface area contributed by atoms with Gasteiger partial charge in [-0.3, -0.25) is 0 Å². The van der Waals surface area contributed by atoms with Gasteiger partial charge in [-0.25, -0.2) is 29.9 Å². The predicted octanol–water partition coefficient (Wildman–Crippen LogP) is 23.2. The number of rotatable bonds is 9. The topological polar surface area (TPSA) is 95.8 Å². The molecule has 103 heavy (non-hydrogen) atoms. The van der Waals surface area contributed by atoms with Gasteiger partial charge in [0.25, 0.3) is 0 Å². The highest BCUT2D eigenvalue weighted by Crippen LogP contribution is 2.66. The Morgan fingerprint density at radius 1 is 0.223 bits per heavy atom. The summed E-state index contributed by atoms with van der Waals surface area (Å²) in [5.41, 5.74) is 22.2. The predicted molar refractivity (Wildman–Crippen MR) is 412 cm³/mol. The number of hydrogen-bond donors (Lipinski definition) is 0. The van der Waals surface area contributed by atoms with Crippen LogP contribution in [-0.2, 0) is 10.8 Å². The third-order valence-electron chi connectivity index (χ3n) is 21.2. The standard InChI is InChI=1S/C94H56N6O2S/c1-5-25-57(26-6-1)87-95-88(58-27-7-2-8-28-58)98-91(97-87)83-54-53-82(103-83)70-37-24-44-79-86(70)102-81-46-22-20-42-77(81)94(79)74-40-18-15-35-67(74)71-56-62(49-52-75(71)94)61-47-50-64-63(55-61)48-51-68(84(64)92-99-89(59-29-9-3-10-30-59)96-90(100-92)60-31-11-4-12-32-60)69-36-23-43-78-85(69)101-80-45-21-19-41-76(80)93(78)72-38-16-13-33-65(72)66-34-14-17-39-73(66)93/h1-56H. The Morgan fingerprint density at radius 2 is 0.602 bits per heavy atom. The molecule has 0 amide bonds. The van der Waals surface area contributed by atoms with Crippen molar-refractivity contribution in [3.63, 3.8) is 0 Å². The van der Waals surface area contributed by atoms with Crippen molar-refractivity contribution in [2.24, 2.45) is 0 Å². The first kappa shape index (κ1) is 58.6. The van der Waals surface area contributed by atoms with Gasteiger partial charge in [0.05, 0.1) is 15.7 Å². The van der Waals surface area contributed by atoms with Crippen molar-refractivity contribution in [2.45, 2.75) is 10.8 Å². The molecule has 2 aliphatic carbocycles. The first-order valence-corrected chi connectivity index (χ1v) is 35.5. The number of benzene rings is 14. The summed E-state index contributed by atoms with van der Waals surface area (Å²) < 4.78 is 14.6. The molecule has 9 heteroatoms. The molecule has 2 aliphatic heterocycles. The van der Waals surface area contributed by atoms with E-state index in [9.17, 15) is 0 Å². The molecule has 4 aliphatic rings. The van der Waals surface area contributed by atoms with Gasteiger partial charge in [0.15, 0.2) is 34.9 Å². The number of hydrogen-bond acceptors (Lipinski definition) is 9. The summed E-state index contributed by atoms with van der Waals surface area (Å²) in [6.07, 6.45) is 0. The SMILES string of the molecule is c1ccc(-c2nc(-c3ccccc3)nc(-c3ccc(-c4cccc5c4Oc4ccccc4C54c5ccccc5-c5cc(-c6ccc7c(-c8nc(-c9ccccc9)nc(-c9ccccc9)n8)c(-c8cccc9c8Oc8ccccc8C98c9ccccc9-c9ccccc98)ccc7c6)ccc54)s3)n2)cc1. The first-order chi connectivity index (χ1) is 51.0. The van der Waals surface area contributed by atoms with Gasteiger partial charge in [0.2, 0.25) is 0 Å². The average molecular weight is 1330 g/mol. The van der Waals surface area contributed by atoms with Crippen LogP contribution in [0.4, 0.5) is 0 Å². The lowest BCUT2D eigenvalue weighted by molar-refractivity contribution is 0.438. The van der Waals surface area contributed by atoms with E-state index < -0.39 is 10.8 Å². The minimum absolute atomic E-state index is 0.554. The van der Waals surface area contributed by atoms with Crippen LogP contribution in [0.15, 0.2) is 340 Å². The summed E-state index contributed by atoms with van der Waals surface area (Å²) in [5, 5.41) is 2.02. The van der Waals surface area contributed by atoms with E-state index in [0.717, 1.165) is 121 Å². The van der Waals surface area contributed by atoms with Crippen LogP contribution in [0.25, 0.3) is 133 Å². The van der Waals surface area contributed by atoms with E-state index >= 15 is 0 Å². The molecule has 5 heterocycles. The monoisotopic (exact) mass is 1330 g/mol. The van der Waals surface area contributed by atoms with Gasteiger partial charge in [-0.15, -0.1) is 11.3 Å². The number of ether oxygens (including phenoxy) is 2. The maximum Gasteiger partial charge on any atom is 0.174 e. The molecule has 0 fully saturated rings. The number of para-hydroxylation sites is 4. The lowest BCUT2D eigenvalue weighted by atomic mass is 9.65. The maximum absolute atomic E-state index is 7.39. The molecule has 480 valence electrons. The zero-order valence-corrected chi connectivity index (χ0v) is 56.1. The van der Waals surface area contributed by atoms with Crippen LogP contribution in [0.2, 0.25) is 0 Å². The Kier molecular flexibility index (Phi) is 13.2. The minimum Gasteiger partial charge on any atom is -0.456 e. The molecular weight excluding hydrogens is 1280 g/mol. The summed E-state index contributed by atoms with van der Waals surface area (Å²) in [4.78, 5) is 33.4. The Hall–Kier alpha value is -13.3. The van der Waals surface area contributed by atoms with Gasteiger partial charge in [0.1, 0.15) is 23.0 Å². The molecule has 2 spiro atoms. The molecule has 1 unspecified atom stereocenters. The summed E-state index contributed by atoms with van der Waals surface area (Å²) in [6.45, 7) is 0. The van der Waals surface area contributed by atoms with Crippen molar-refractivity contribution in [1.82, 2.24) is 29.9 Å². The normalized spacial score (nSPS) is 14.3. The zero-order valence-electron chi connectivity index (χ0n) is 55.2. The van der Waals surface area contributed by atoms with Crippen LogP contribution in [-0.4, -0.2) is 29.9 Å². The molecule has 17 aromatic rings. The minimum atomic E-state index is -0.725. The van der Waals surface area contributed by atoms with Crippen molar-refractivity contribution >= 4 is 22.1 Å². The molecule has 0 radical (unpaired) electrons. The number of fused-ring (bicyclic) bond motifs is 19. The highest BCUT2D eigenvalue weighted by molar-refractivity contribution is 7.18. The molecule has 3 aromatic heterocycles. The Balaban J connectivity index is 0.729. The van der Waals surface area contributed by atoms with Crippen LogP contribution >= 0.6 is 11.3 Å². The number of aromatic nitrogens is 6.